The average molecular weight is 456 g/mol. The maximum absolute atomic E-state index is 13.1. The normalized spacial score (nSPS) is 24.7. The van der Waals surface area contributed by atoms with Crippen molar-refractivity contribution in [2.45, 2.75) is 44.1 Å². The molecule has 32 heavy (non-hydrogen) atoms. The lowest BCUT2D eigenvalue weighted by molar-refractivity contribution is 0.336. The molecule has 1 atom stereocenters. The highest BCUT2D eigenvalue weighted by molar-refractivity contribution is 7.89. The van der Waals surface area contributed by atoms with Crippen molar-refractivity contribution in [2.24, 2.45) is 5.92 Å². The number of fused-ring (bicyclic) bond motifs is 1. The molecule has 1 aliphatic carbocycles. The van der Waals surface area contributed by atoms with E-state index in [0.717, 1.165) is 54.8 Å². The van der Waals surface area contributed by atoms with Gasteiger partial charge in [-0.05, 0) is 50.2 Å². The van der Waals surface area contributed by atoms with Crippen molar-refractivity contribution in [3.8, 4) is 0 Å². The standard InChI is InChI=1S/C22H29N7O2S/c1-28(22-19-7-11-25-21(19)26-15-27-22)18-5-3-16(4-6-18)14-32(30,31)29-12-8-17(13-29)20-23-9-2-10-24-20/h2,7,9-11,15-18H,3-6,8,12-14H2,1H3,(H,25,26,27)/t16?,17-,18?/m0/s1. The molecule has 3 aromatic heterocycles. The van der Waals surface area contributed by atoms with E-state index in [1.165, 1.54) is 0 Å². The van der Waals surface area contributed by atoms with Gasteiger partial charge in [0.1, 0.15) is 23.6 Å². The summed E-state index contributed by atoms with van der Waals surface area (Å²) in [5.41, 5.74) is 0.839. The first kappa shape index (κ1) is 21.3. The Hall–Kier alpha value is -2.59. The van der Waals surface area contributed by atoms with Crippen molar-refractivity contribution in [1.29, 1.82) is 0 Å². The second kappa shape index (κ2) is 8.74. The first-order valence-electron chi connectivity index (χ1n) is 11.3. The van der Waals surface area contributed by atoms with Crippen LogP contribution in [0, 0.1) is 5.92 Å². The maximum atomic E-state index is 13.1. The van der Waals surface area contributed by atoms with Crippen LogP contribution >= 0.6 is 0 Å². The molecule has 170 valence electrons. The average Bonchev–Trinajstić information content (AvgIpc) is 3.50. The van der Waals surface area contributed by atoms with Gasteiger partial charge in [0.25, 0.3) is 0 Å². The number of hydrogen-bond acceptors (Lipinski definition) is 7. The minimum Gasteiger partial charge on any atom is -0.356 e. The number of anilines is 1. The smallest absolute Gasteiger partial charge is 0.214 e. The van der Waals surface area contributed by atoms with Gasteiger partial charge in [0.05, 0.1) is 11.1 Å². The van der Waals surface area contributed by atoms with E-state index in [-0.39, 0.29) is 17.6 Å². The number of aromatic nitrogens is 5. The number of H-pyrrole nitrogens is 1. The van der Waals surface area contributed by atoms with Gasteiger partial charge in [-0.2, -0.15) is 0 Å². The number of rotatable bonds is 6. The van der Waals surface area contributed by atoms with Gasteiger partial charge >= 0.3 is 0 Å². The second-order valence-corrected chi connectivity index (χ2v) is 11.0. The van der Waals surface area contributed by atoms with Crippen LogP contribution in [0.1, 0.15) is 43.8 Å². The molecule has 5 rings (SSSR count). The van der Waals surface area contributed by atoms with Gasteiger partial charge < -0.3 is 9.88 Å². The lowest BCUT2D eigenvalue weighted by Crippen LogP contribution is -2.39. The van der Waals surface area contributed by atoms with Gasteiger partial charge in [0.15, 0.2) is 0 Å². The van der Waals surface area contributed by atoms with E-state index in [0.29, 0.717) is 19.1 Å². The van der Waals surface area contributed by atoms with Crippen LogP contribution in [0.25, 0.3) is 11.0 Å². The zero-order valence-electron chi connectivity index (χ0n) is 18.3. The number of aromatic amines is 1. The Labute approximate surface area is 188 Å². The molecule has 2 aliphatic rings. The first-order chi connectivity index (χ1) is 15.5. The van der Waals surface area contributed by atoms with E-state index < -0.39 is 10.0 Å². The molecule has 1 saturated carbocycles. The third-order valence-corrected chi connectivity index (χ3v) is 8.98. The summed E-state index contributed by atoms with van der Waals surface area (Å²) in [7, 11) is -1.20. The number of nitrogens with zero attached hydrogens (tertiary/aromatic N) is 6. The molecule has 0 bridgehead atoms. The van der Waals surface area contributed by atoms with Crippen LogP contribution in [-0.2, 0) is 10.0 Å². The molecule has 4 heterocycles. The van der Waals surface area contributed by atoms with Crippen LogP contribution in [0.4, 0.5) is 5.82 Å². The first-order valence-corrected chi connectivity index (χ1v) is 12.9. The maximum Gasteiger partial charge on any atom is 0.214 e. The molecule has 0 aromatic carbocycles. The van der Waals surface area contributed by atoms with Crippen molar-refractivity contribution in [3.63, 3.8) is 0 Å². The molecule has 0 spiro atoms. The molecule has 2 fully saturated rings. The summed E-state index contributed by atoms with van der Waals surface area (Å²) in [6, 6.07) is 4.14. The predicted octanol–water partition coefficient (Wildman–Crippen LogP) is 2.56. The van der Waals surface area contributed by atoms with Gasteiger partial charge in [0, 0.05) is 50.7 Å². The van der Waals surface area contributed by atoms with Crippen LogP contribution in [0.3, 0.4) is 0 Å². The fourth-order valence-electron chi connectivity index (χ4n) is 5.13. The molecule has 9 nitrogen and oxygen atoms in total. The highest BCUT2D eigenvalue weighted by Crippen LogP contribution is 2.33. The minimum absolute atomic E-state index is 0.0912. The van der Waals surface area contributed by atoms with Crippen molar-refractivity contribution >= 4 is 26.9 Å². The van der Waals surface area contributed by atoms with Gasteiger partial charge in [-0.25, -0.2) is 32.7 Å². The van der Waals surface area contributed by atoms with Crippen LogP contribution in [-0.4, -0.2) is 69.6 Å². The zero-order chi connectivity index (χ0) is 22.1. The predicted molar refractivity (Wildman–Crippen MR) is 123 cm³/mol. The molecule has 10 heteroatoms. The molecular weight excluding hydrogens is 426 g/mol. The summed E-state index contributed by atoms with van der Waals surface area (Å²) >= 11 is 0. The summed E-state index contributed by atoms with van der Waals surface area (Å²) in [5.74, 6) is 2.21. The molecule has 1 saturated heterocycles. The molecular formula is C22H29N7O2S. The summed E-state index contributed by atoms with van der Waals surface area (Å²) in [6.45, 7) is 1.05. The van der Waals surface area contributed by atoms with E-state index in [1.54, 1.807) is 29.1 Å². The summed E-state index contributed by atoms with van der Waals surface area (Å²) in [5, 5.41) is 1.02. The van der Waals surface area contributed by atoms with Crippen LogP contribution < -0.4 is 4.90 Å². The van der Waals surface area contributed by atoms with Crippen LogP contribution in [0.15, 0.2) is 37.1 Å². The lowest BCUT2D eigenvalue weighted by atomic mass is 9.86. The van der Waals surface area contributed by atoms with Gasteiger partial charge in [-0.3, -0.25) is 0 Å². The summed E-state index contributed by atoms with van der Waals surface area (Å²) in [6.07, 6.45) is 11.4. The number of nitrogens with one attached hydrogen (secondary N) is 1. The van der Waals surface area contributed by atoms with E-state index in [1.807, 2.05) is 12.3 Å². The molecule has 0 unspecified atom stereocenters. The topological polar surface area (TPSA) is 108 Å². The zero-order valence-corrected chi connectivity index (χ0v) is 19.1. The Balaban J connectivity index is 1.17. The fourth-order valence-corrected chi connectivity index (χ4v) is 7.06. The van der Waals surface area contributed by atoms with E-state index >= 15 is 0 Å². The van der Waals surface area contributed by atoms with Crippen molar-refractivity contribution in [3.05, 3.63) is 42.9 Å². The van der Waals surface area contributed by atoms with Crippen molar-refractivity contribution in [2.75, 3.05) is 30.8 Å². The lowest BCUT2D eigenvalue weighted by Gasteiger charge is -2.35. The largest absolute Gasteiger partial charge is 0.356 e. The molecule has 0 amide bonds. The van der Waals surface area contributed by atoms with E-state index in [4.69, 9.17) is 0 Å². The Morgan fingerprint density at radius 3 is 2.66 bits per heavy atom. The Kier molecular flexibility index (Phi) is 5.81. The highest BCUT2D eigenvalue weighted by atomic mass is 32.2. The quantitative estimate of drug-likeness (QED) is 0.608. The molecule has 1 aliphatic heterocycles. The monoisotopic (exact) mass is 455 g/mol. The Bertz CT molecular complexity index is 1160. The summed E-state index contributed by atoms with van der Waals surface area (Å²) in [4.78, 5) is 22.8. The molecule has 3 aromatic rings. The van der Waals surface area contributed by atoms with Gasteiger partial charge in [0.2, 0.25) is 10.0 Å². The molecule has 1 N–H and O–H groups in total. The third-order valence-electron chi connectivity index (χ3n) is 6.97. The third kappa shape index (κ3) is 4.21. The Morgan fingerprint density at radius 1 is 1.09 bits per heavy atom. The number of hydrogen-bond donors (Lipinski definition) is 1. The second-order valence-electron chi connectivity index (χ2n) is 8.95. The van der Waals surface area contributed by atoms with E-state index in [2.05, 4.69) is 36.9 Å². The van der Waals surface area contributed by atoms with E-state index in [9.17, 15) is 8.42 Å². The summed E-state index contributed by atoms with van der Waals surface area (Å²) < 4.78 is 27.8. The Morgan fingerprint density at radius 2 is 1.88 bits per heavy atom. The van der Waals surface area contributed by atoms with Gasteiger partial charge in [-0.1, -0.05) is 0 Å². The van der Waals surface area contributed by atoms with Crippen LogP contribution in [0.2, 0.25) is 0 Å². The van der Waals surface area contributed by atoms with Crippen molar-refractivity contribution in [1.82, 2.24) is 29.2 Å². The van der Waals surface area contributed by atoms with Crippen molar-refractivity contribution < 1.29 is 8.42 Å². The molecule has 0 radical (unpaired) electrons. The number of sulfonamides is 1. The van der Waals surface area contributed by atoms with Crippen LogP contribution in [0.5, 0.6) is 0 Å². The SMILES string of the molecule is CN(c1ncnc2[nH]ccc12)C1CCC(CS(=O)(=O)N2CC[C@H](c3ncccn3)C2)CC1. The highest BCUT2D eigenvalue weighted by Gasteiger charge is 2.36. The minimum atomic E-state index is -3.27. The van der Waals surface area contributed by atoms with Gasteiger partial charge in [-0.15, -0.1) is 0 Å². The fraction of sp³-hybridized carbons (Fsp3) is 0.545.